The van der Waals surface area contributed by atoms with Crippen LogP contribution in [-0.4, -0.2) is 29.8 Å². The van der Waals surface area contributed by atoms with Gasteiger partial charge >= 0.3 is 6.03 Å². The maximum atomic E-state index is 12.7. The lowest BCUT2D eigenvalue weighted by Crippen LogP contribution is -2.38. The standard InChI is InChI=1S/C22H23N3O2/c1-3-24(4-2)17-9-10-19-16(11-17)12-18(26)13-21(19)25-14-15-7-5-6-8-20(15)23-22(25)27/h5-11,13H,3-4,12,14H2,1-2H3,(H,23,27). The quantitative estimate of drug-likeness (QED) is 0.894. The number of anilines is 2. The molecule has 2 amide bonds. The minimum atomic E-state index is -0.201. The average Bonchev–Trinajstić information content (AvgIpc) is 2.67. The summed E-state index contributed by atoms with van der Waals surface area (Å²) in [6.45, 7) is 6.52. The molecule has 0 spiro atoms. The Morgan fingerprint density at radius 1 is 1.04 bits per heavy atom. The molecule has 1 heterocycles. The zero-order valence-electron chi connectivity index (χ0n) is 15.7. The molecule has 1 N–H and O–H groups in total. The fourth-order valence-corrected chi connectivity index (χ4v) is 3.85. The van der Waals surface area contributed by atoms with Crippen molar-refractivity contribution in [2.45, 2.75) is 26.8 Å². The van der Waals surface area contributed by atoms with Crippen LogP contribution in [0.25, 0.3) is 5.70 Å². The van der Waals surface area contributed by atoms with E-state index in [9.17, 15) is 9.59 Å². The van der Waals surface area contributed by atoms with E-state index < -0.39 is 0 Å². The van der Waals surface area contributed by atoms with Crippen LogP contribution in [0.1, 0.15) is 30.5 Å². The minimum absolute atomic E-state index is 0.0286. The molecule has 4 rings (SSSR count). The highest BCUT2D eigenvalue weighted by Crippen LogP contribution is 2.35. The summed E-state index contributed by atoms with van der Waals surface area (Å²) in [6, 6.07) is 13.8. The van der Waals surface area contributed by atoms with Crippen molar-refractivity contribution in [1.29, 1.82) is 0 Å². The number of benzene rings is 2. The molecule has 0 atom stereocenters. The van der Waals surface area contributed by atoms with Gasteiger partial charge in [0, 0.05) is 42.5 Å². The maximum Gasteiger partial charge on any atom is 0.326 e. The van der Waals surface area contributed by atoms with Crippen molar-refractivity contribution in [3.63, 3.8) is 0 Å². The van der Waals surface area contributed by atoms with E-state index >= 15 is 0 Å². The van der Waals surface area contributed by atoms with Gasteiger partial charge in [0.2, 0.25) is 0 Å². The van der Waals surface area contributed by atoms with Crippen LogP contribution in [0.3, 0.4) is 0 Å². The van der Waals surface area contributed by atoms with Crippen molar-refractivity contribution in [3.05, 3.63) is 65.2 Å². The molecule has 0 unspecified atom stereocenters. The Labute approximate surface area is 159 Å². The first kappa shape index (κ1) is 17.3. The van der Waals surface area contributed by atoms with Crippen LogP contribution < -0.4 is 10.2 Å². The molecular formula is C22H23N3O2. The highest BCUT2D eigenvalue weighted by Gasteiger charge is 2.30. The molecule has 1 aliphatic carbocycles. The number of rotatable bonds is 4. The van der Waals surface area contributed by atoms with Gasteiger partial charge in [-0.25, -0.2) is 4.79 Å². The Morgan fingerprint density at radius 2 is 1.81 bits per heavy atom. The van der Waals surface area contributed by atoms with Crippen molar-refractivity contribution in [3.8, 4) is 0 Å². The monoisotopic (exact) mass is 361 g/mol. The normalized spacial score (nSPS) is 15.6. The first-order chi connectivity index (χ1) is 13.1. The molecule has 2 aliphatic rings. The predicted molar refractivity (Wildman–Crippen MR) is 108 cm³/mol. The molecule has 1 aliphatic heterocycles. The molecule has 0 saturated carbocycles. The van der Waals surface area contributed by atoms with Crippen LogP contribution in [0, 0.1) is 0 Å². The van der Waals surface area contributed by atoms with Crippen LogP contribution in [-0.2, 0) is 17.8 Å². The van der Waals surface area contributed by atoms with E-state index in [0.717, 1.165) is 41.2 Å². The fourth-order valence-electron chi connectivity index (χ4n) is 3.85. The van der Waals surface area contributed by atoms with Gasteiger partial charge in [-0.05, 0) is 43.2 Å². The number of hydrogen-bond acceptors (Lipinski definition) is 3. The molecule has 0 aromatic heterocycles. The number of carbonyl (C=O) groups excluding carboxylic acids is 2. The number of nitrogens with one attached hydrogen (secondary N) is 1. The molecule has 0 fully saturated rings. The second-order valence-electron chi connectivity index (χ2n) is 6.86. The van der Waals surface area contributed by atoms with E-state index in [0.29, 0.717) is 18.7 Å². The average molecular weight is 361 g/mol. The van der Waals surface area contributed by atoms with Gasteiger partial charge in [-0.1, -0.05) is 24.3 Å². The van der Waals surface area contributed by atoms with E-state index in [1.807, 2.05) is 30.3 Å². The number of urea groups is 1. The zero-order chi connectivity index (χ0) is 19.0. The largest absolute Gasteiger partial charge is 0.372 e. The lowest BCUT2D eigenvalue weighted by Gasteiger charge is -2.33. The summed E-state index contributed by atoms with van der Waals surface area (Å²) in [7, 11) is 0. The number of ketones is 1. The summed E-state index contributed by atoms with van der Waals surface area (Å²) in [5.74, 6) is 0.0286. The SMILES string of the molecule is CCN(CC)c1ccc2c(c1)CC(=O)C=C2N1Cc2ccccc2NC1=O. The Bertz CT molecular complexity index is 944. The highest BCUT2D eigenvalue weighted by atomic mass is 16.2. The van der Waals surface area contributed by atoms with Gasteiger partial charge < -0.3 is 10.2 Å². The third-order valence-electron chi connectivity index (χ3n) is 5.28. The smallest absolute Gasteiger partial charge is 0.326 e. The number of fused-ring (bicyclic) bond motifs is 2. The van der Waals surface area contributed by atoms with E-state index in [-0.39, 0.29) is 11.8 Å². The Hall–Kier alpha value is -3.08. The van der Waals surface area contributed by atoms with Crippen molar-refractivity contribution in [2.75, 3.05) is 23.3 Å². The number of amides is 2. The Morgan fingerprint density at radius 3 is 2.59 bits per heavy atom. The van der Waals surface area contributed by atoms with Crippen molar-refractivity contribution in [2.24, 2.45) is 0 Å². The lowest BCUT2D eigenvalue weighted by molar-refractivity contribution is -0.114. The predicted octanol–water partition coefficient (Wildman–Crippen LogP) is 4.05. The molecule has 2 aromatic carbocycles. The van der Waals surface area contributed by atoms with Crippen LogP contribution in [0.5, 0.6) is 0 Å². The molecule has 5 heteroatoms. The molecule has 0 saturated heterocycles. The highest BCUT2D eigenvalue weighted by molar-refractivity contribution is 6.06. The molecule has 0 bridgehead atoms. The summed E-state index contributed by atoms with van der Waals surface area (Å²) in [5.41, 5.74) is 5.60. The number of nitrogens with zero attached hydrogens (tertiary/aromatic N) is 2. The molecule has 2 aromatic rings. The summed E-state index contributed by atoms with van der Waals surface area (Å²) in [4.78, 5) is 29.0. The molecule has 138 valence electrons. The fraction of sp³-hybridized carbons (Fsp3) is 0.273. The first-order valence-corrected chi connectivity index (χ1v) is 9.40. The van der Waals surface area contributed by atoms with Gasteiger partial charge in [0.1, 0.15) is 0 Å². The van der Waals surface area contributed by atoms with Crippen molar-refractivity contribution in [1.82, 2.24) is 4.90 Å². The van der Waals surface area contributed by atoms with Crippen LogP contribution in [0.4, 0.5) is 16.2 Å². The van der Waals surface area contributed by atoms with Crippen molar-refractivity contribution < 1.29 is 9.59 Å². The Balaban J connectivity index is 1.73. The van der Waals surface area contributed by atoms with Gasteiger partial charge in [-0.3, -0.25) is 9.69 Å². The zero-order valence-corrected chi connectivity index (χ0v) is 15.7. The van der Waals surface area contributed by atoms with Gasteiger partial charge in [0.05, 0.1) is 12.2 Å². The summed E-state index contributed by atoms with van der Waals surface area (Å²) < 4.78 is 0. The van der Waals surface area contributed by atoms with E-state index in [2.05, 4.69) is 36.2 Å². The van der Waals surface area contributed by atoms with E-state index in [1.54, 1.807) is 11.0 Å². The summed E-state index contributed by atoms with van der Waals surface area (Å²) in [5, 5.41) is 2.93. The third kappa shape index (κ3) is 3.10. The molecule has 0 radical (unpaired) electrons. The van der Waals surface area contributed by atoms with Crippen LogP contribution >= 0.6 is 0 Å². The first-order valence-electron chi connectivity index (χ1n) is 9.40. The van der Waals surface area contributed by atoms with Crippen LogP contribution in [0.15, 0.2) is 48.5 Å². The summed E-state index contributed by atoms with van der Waals surface area (Å²) in [6.07, 6.45) is 1.98. The molecule has 5 nitrogen and oxygen atoms in total. The molecule has 27 heavy (non-hydrogen) atoms. The number of para-hydroxylation sites is 1. The number of allylic oxidation sites excluding steroid dienone is 1. The Kier molecular flexibility index (Phi) is 4.44. The second-order valence-corrected chi connectivity index (χ2v) is 6.86. The number of carbonyl (C=O) groups is 2. The van der Waals surface area contributed by atoms with E-state index in [4.69, 9.17) is 0 Å². The third-order valence-corrected chi connectivity index (χ3v) is 5.28. The van der Waals surface area contributed by atoms with Crippen molar-refractivity contribution >= 4 is 28.9 Å². The minimum Gasteiger partial charge on any atom is -0.372 e. The van der Waals surface area contributed by atoms with Gasteiger partial charge in [0.25, 0.3) is 0 Å². The maximum absolute atomic E-state index is 12.7. The van der Waals surface area contributed by atoms with E-state index in [1.165, 1.54) is 0 Å². The van der Waals surface area contributed by atoms with Crippen LogP contribution in [0.2, 0.25) is 0 Å². The van der Waals surface area contributed by atoms with Gasteiger partial charge in [-0.2, -0.15) is 0 Å². The van der Waals surface area contributed by atoms with Gasteiger partial charge in [-0.15, -0.1) is 0 Å². The number of hydrogen-bond donors (Lipinski definition) is 1. The summed E-state index contributed by atoms with van der Waals surface area (Å²) >= 11 is 0. The second kappa shape index (κ2) is 6.91. The topological polar surface area (TPSA) is 52.7 Å². The molecular weight excluding hydrogens is 338 g/mol. The van der Waals surface area contributed by atoms with Gasteiger partial charge in [0.15, 0.2) is 5.78 Å². The lowest BCUT2D eigenvalue weighted by atomic mass is 9.92.